The summed E-state index contributed by atoms with van der Waals surface area (Å²) >= 11 is 0. The largest absolute Gasteiger partial charge is 0.391 e. The lowest BCUT2D eigenvalue weighted by atomic mass is 9.71. The molecular weight excluding hydrogens is 386 g/mol. The minimum Gasteiger partial charge on any atom is -0.391 e. The Morgan fingerprint density at radius 3 is 2.43 bits per heavy atom. The molecule has 150 valence electrons. The molecule has 2 saturated carbocycles. The normalized spacial score (nSPS) is 33.3. The number of nitro benzene ring substituents is 1. The monoisotopic (exact) mass is 403 g/mol. The number of carbonyl (C=O) groups excluding carboxylic acids is 2. The van der Waals surface area contributed by atoms with Crippen LogP contribution in [0.1, 0.15) is 12.0 Å². The van der Waals surface area contributed by atoms with Crippen molar-refractivity contribution < 1.29 is 19.3 Å². The number of nitro groups is 1. The Balaban J connectivity index is 1.35. The lowest BCUT2D eigenvalue weighted by Gasteiger charge is -2.29. The summed E-state index contributed by atoms with van der Waals surface area (Å²) in [6.45, 7) is 0. The van der Waals surface area contributed by atoms with Gasteiger partial charge in [0.2, 0.25) is 11.8 Å². The number of hydrogen-bond donors (Lipinski definition) is 0. The smallest absolute Gasteiger partial charge is 0.270 e. The molecule has 2 bridgehead atoms. The van der Waals surface area contributed by atoms with Crippen molar-refractivity contribution in [2.24, 2.45) is 34.7 Å². The van der Waals surface area contributed by atoms with Crippen LogP contribution in [0.25, 0.3) is 0 Å². The van der Waals surface area contributed by atoms with Gasteiger partial charge in [0.1, 0.15) is 6.10 Å². The molecule has 0 unspecified atom stereocenters. The number of anilines is 1. The van der Waals surface area contributed by atoms with Gasteiger partial charge in [0.05, 0.1) is 28.2 Å². The Labute approximate surface area is 171 Å². The number of hydrogen-bond acceptors (Lipinski definition) is 6. The van der Waals surface area contributed by atoms with Gasteiger partial charge in [-0.2, -0.15) is 0 Å². The minimum atomic E-state index is -0.439. The van der Waals surface area contributed by atoms with Gasteiger partial charge in [-0.25, -0.2) is 0 Å². The number of para-hydroxylation sites is 1. The van der Waals surface area contributed by atoms with Gasteiger partial charge in [0, 0.05) is 29.5 Å². The van der Waals surface area contributed by atoms with Crippen LogP contribution in [-0.2, 0) is 14.4 Å². The van der Waals surface area contributed by atoms with Gasteiger partial charge in [0.25, 0.3) is 5.69 Å². The molecule has 2 aliphatic heterocycles. The highest BCUT2D eigenvalue weighted by Gasteiger charge is 2.70. The van der Waals surface area contributed by atoms with E-state index >= 15 is 0 Å². The maximum atomic E-state index is 13.3. The molecule has 0 spiro atoms. The zero-order valence-electron chi connectivity index (χ0n) is 15.8. The first-order valence-corrected chi connectivity index (χ1v) is 9.97. The van der Waals surface area contributed by atoms with Crippen LogP contribution in [0.3, 0.4) is 0 Å². The Hall–Kier alpha value is -3.55. The molecule has 0 radical (unpaired) electrons. The summed E-state index contributed by atoms with van der Waals surface area (Å²) in [4.78, 5) is 44.3. The molecular formula is C22H17N3O5. The van der Waals surface area contributed by atoms with E-state index in [4.69, 9.17) is 4.84 Å². The predicted octanol–water partition coefficient (Wildman–Crippen LogP) is 2.77. The second kappa shape index (κ2) is 5.98. The van der Waals surface area contributed by atoms with E-state index in [1.165, 1.54) is 17.0 Å². The van der Waals surface area contributed by atoms with E-state index in [2.05, 4.69) is 5.16 Å². The van der Waals surface area contributed by atoms with E-state index in [1.807, 2.05) is 18.2 Å². The molecule has 30 heavy (non-hydrogen) atoms. The SMILES string of the molecule is O=C1[C@@H]2[C@@H]3C[C@H]([C@H]4ON=C(c5cccc([N+](=O)[O-])c5)[C@H]34)[C@@H]2C(=O)N1c1ccccc1. The number of fused-ring (bicyclic) bond motifs is 8. The summed E-state index contributed by atoms with van der Waals surface area (Å²) in [5, 5.41) is 15.4. The van der Waals surface area contributed by atoms with Gasteiger partial charge < -0.3 is 4.84 Å². The van der Waals surface area contributed by atoms with Crippen LogP contribution in [0.5, 0.6) is 0 Å². The van der Waals surface area contributed by atoms with Crippen molar-refractivity contribution in [1.29, 1.82) is 0 Å². The molecule has 2 aromatic rings. The van der Waals surface area contributed by atoms with E-state index in [9.17, 15) is 19.7 Å². The molecule has 2 aliphatic carbocycles. The quantitative estimate of drug-likeness (QED) is 0.445. The standard InChI is InChI=1S/C22H17N3O5/c26-21-16-14-10-15(17(16)22(27)24(21)12-6-2-1-3-7-12)20-18(14)19(23-30-20)11-5-4-8-13(9-11)25(28)29/h1-9,14-18,20H,10H2/t14-,15-,16+,17-,18-,20+/m0/s1. The van der Waals surface area contributed by atoms with Gasteiger partial charge in [-0.3, -0.25) is 24.6 Å². The van der Waals surface area contributed by atoms with Gasteiger partial charge in [-0.05, 0) is 24.5 Å². The summed E-state index contributed by atoms with van der Waals surface area (Å²) in [5.74, 6) is -1.36. The van der Waals surface area contributed by atoms with Crippen molar-refractivity contribution in [3.8, 4) is 0 Å². The van der Waals surface area contributed by atoms with Gasteiger partial charge in [0.15, 0.2) is 0 Å². The number of benzene rings is 2. The van der Waals surface area contributed by atoms with Gasteiger partial charge in [-0.1, -0.05) is 35.5 Å². The first-order chi connectivity index (χ1) is 14.6. The summed E-state index contributed by atoms with van der Waals surface area (Å²) in [5.41, 5.74) is 1.87. The summed E-state index contributed by atoms with van der Waals surface area (Å²) in [7, 11) is 0. The second-order valence-electron chi connectivity index (χ2n) is 8.34. The maximum absolute atomic E-state index is 13.3. The van der Waals surface area contributed by atoms with E-state index in [0.29, 0.717) is 17.0 Å². The fourth-order valence-electron chi connectivity index (χ4n) is 5.97. The molecule has 2 amide bonds. The Morgan fingerprint density at radius 2 is 1.70 bits per heavy atom. The van der Waals surface area contributed by atoms with Crippen LogP contribution >= 0.6 is 0 Å². The molecule has 6 rings (SSSR count). The third kappa shape index (κ3) is 2.13. The predicted molar refractivity (Wildman–Crippen MR) is 106 cm³/mol. The van der Waals surface area contributed by atoms with Crippen molar-refractivity contribution in [2.45, 2.75) is 12.5 Å². The zero-order chi connectivity index (χ0) is 20.6. The number of oxime groups is 1. The van der Waals surface area contributed by atoms with Crippen molar-refractivity contribution in [3.05, 3.63) is 70.3 Å². The Bertz CT molecular complexity index is 1130. The van der Waals surface area contributed by atoms with Gasteiger partial charge >= 0.3 is 0 Å². The first-order valence-electron chi connectivity index (χ1n) is 9.97. The number of non-ortho nitro benzene ring substituents is 1. The third-order valence-corrected chi connectivity index (χ3v) is 7.06. The highest BCUT2D eigenvalue weighted by atomic mass is 16.6. The molecule has 4 aliphatic rings. The Kier molecular flexibility index (Phi) is 3.45. The molecule has 0 aromatic heterocycles. The molecule has 1 saturated heterocycles. The molecule has 8 heteroatoms. The van der Waals surface area contributed by atoms with E-state index in [0.717, 1.165) is 6.42 Å². The second-order valence-corrected chi connectivity index (χ2v) is 8.34. The third-order valence-electron chi connectivity index (χ3n) is 7.06. The van der Waals surface area contributed by atoms with Crippen LogP contribution in [-0.4, -0.2) is 28.6 Å². The molecule has 8 nitrogen and oxygen atoms in total. The van der Waals surface area contributed by atoms with E-state index < -0.39 is 10.8 Å². The topological polar surface area (TPSA) is 102 Å². The molecule has 2 heterocycles. The van der Waals surface area contributed by atoms with Crippen LogP contribution in [0.4, 0.5) is 11.4 Å². The average molecular weight is 403 g/mol. The number of rotatable bonds is 3. The molecule has 2 aromatic carbocycles. The maximum Gasteiger partial charge on any atom is 0.270 e. The summed E-state index contributed by atoms with van der Waals surface area (Å²) in [6.07, 6.45) is 0.469. The fraction of sp³-hybridized carbons (Fsp3) is 0.318. The van der Waals surface area contributed by atoms with Crippen LogP contribution < -0.4 is 4.90 Å². The van der Waals surface area contributed by atoms with Crippen LogP contribution in [0.15, 0.2) is 59.8 Å². The Morgan fingerprint density at radius 1 is 0.967 bits per heavy atom. The lowest BCUT2D eigenvalue weighted by molar-refractivity contribution is -0.384. The number of imide groups is 1. The van der Waals surface area contributed by atoms with E-state index in [-0.39, 0.29) is 47.3 Å². The number of nitrogens with zero attached hydrogens (tertiary/aromatic N) is 3. The van der Waals surface area contributed by atoms with Crippen molar-refractivity contribution in [1.82, 2.24) is 0 Å². The minimum absolute atomic E-state index is 0.0120. The molecule has 6 atom stereocenters. The summed E-state index contributed by atoms with van der Waals surface area (Å²) in [6, 6.07) is 15.3. The summed E-state index contributed by atoms with van der Waals surface area (Å²) < 4.78 is 0. The van der Waals surface area contributed by atoms with Crippen LogP contribution in [0.2, 0.25) is 0 Å². The van der Waals surface area contributed by atoms with Crippen molar-refractivity contribution >= 4 is 28.9 Å². The van der Waals surface area contributed by atoms with Crippen molar-refractivity contribution in [2.75, 3.05) is 4.90 Å². The molecule has 3 fully saturated rings. The highest BCUT2D eigenvalue weighted by Crippen LogP contribution is 2.62. The fourth-order valence-corrected chi connectivity index (χ4v) is 5.97. The van der Waals surface area contributed by atoms with Gasteiger partial charge in [-0.15, -0.1) is 0 Å². The van der Waals surface area contributed by atoms with Crippen molar-refractivity contribution in [3.63, 3.8) is 0 Å². The highest BCUT2D eigenvalue weighted by molar-refractivity contribution is 6.23. The number of carbonyl (C=O) groups is 2. The van der Waals surface area contributed by atoms with Crippen LogP contribution in [0, 0.1) is 39.7 Å². The zero-order valence-corrected chi connectivity index (χ0v) is 15.8. The first kappa shape index (κ1) is 17.3. The lowest BCUT2D eigenvalue weighted by Crippen LogP contribution is -2.41. The number of amides is 2. The molecule has 0 N–H and O–H groups in total. The van der Waals surface area contributed by atoms with E-state index in [1.54, 1.807) is 24.3 Å². The average Bonchev–Trinajstić information content (AvgIpc) is 3.49.